The third kappa shape index (κ3) is 5.25. The zero-order valence-electron chi connectivity index (χ0n) is 13.1. The molecule has 18 heavy (non-hydrogen) atoms. The fourth-order valence-electron chi connectivity index (χ4n) is 2.86. The highest BCUT2D eigenvalue weighted by Gasteiger charge is 2.24. The Bertz CT molecular complexity index is 220. The first-order chi connectivity index (χ1) is 8.54. The molecule has 1 N–H and O–H groups in total. The quantitative estimate of drug-likeness (QED) is 0.668. The van der Waals surface area contributed by atoms with Crippen molar-refractivity contribution in [3.63, 3.8) is 0 Å². The van der Waals surface area contributed by atoms with Crippen LogP contribution >= 0.6 is 0 Å². The fourth-order valence-corrected chi connectivity index (χ4v) is 2.86. The van der Waals surface area contributed by atoms with Gasteiger partial charge in [-0.15, -0.1) is 0 Å². The van der Waals surface area contributed by atoms with Crippen molar-refractivity contribution in [2.75, 3.05) is 46.8 Å². The monoisotopic (exact) mass is 255 g/mol. The summed E-state index contributed by atoms with van der Waals surface area (Å²) in [5.41, 5.74) is 0. The number of likely N-dealkylation sites (tertiary alicyclic amines) is 1. The minimum atomic E-state index is 0.667. The van der Waals surface area contributed by atoms with Gasteiger partial charge in [-0.25, -0.2) is 0 Å². The molecule has 0 spiro atoms. The molecular weight excluding hydrogens is 222 g/mol. The molecule has 0 amide bonds. The van der Waals surface area contributed by atoms with E-state index in [0.717, 1.165) is 24.9 Å². The lowest BCUT2D eigenvalue weighted by Crippen LogP contribution is -2.41. The second-order valence-electron chi connectivity index (χ2n) is 6.28. The SMILES string of the molecule is CCCNCC(C)C(C)N(C)CC1CCN(C)C1. The van der Waals surface area contributed by atoms with Crippen LogP contribution in [-0.2, 0) is 0 Å². The van der Waals surface area contributed by atoms with E-state index in [2.05, 4.69) is 50.0 Å². The molecule has 1 aliphatic heterocycles. The van der Waals surface area contributed by atoms with Crippen LogP contribution in [0.2, 0.25) is 0 Å². The predicted molar refractivity (Wildman–Crippen MR) is 80.0 cm³/mol. The molecule has 3 heteroatoms. The van der Waals surface area contributed by atoms with Crippen LogP contribution in [0.3, 0.4) is 0 Å². The topological polar surface area (TPSA) is 18.5 Å². The maximum atomic E-state index is 3.54. The van der Waals surface area contributed by atoms with Crippen LogP contribution < -0.4 is 5.32 Å². The van der Waals surface area contributed by atoms with Gasteiger partial charge in [-0.2, -0.15) is 0 Å². The van der Waals surface area contributed by atoms with E-state index in [0.29, 0.717) is 6.04 Å². The summed E-state index contributed by atoms with van der Waals surface area (Å²) in [6.07, 6.45) is 2.60. The molecule has 1 aliphatic rings. The molecule has 0 bridgehead atoms. The zero-order chi connectivity index (χ0) is 13.5. The van der Waals surface area contributed by atoms with Crippen LogP contribution in [0.5, 0.6) is 0 Å². The Morgan fingerprint density at radius 3 is 2.67 bits per heavy atom. The molecule has 1 saturated heterocycles. The van der Waals surface area contributed by atoms with Gasteiger partial charge in [0.25, 0.3) is 0 Å². The molecule has 0 aromatic rings. The lowest BCUT2D eigenvalue weighted by atomic mass is 10.0. The van der Waals surface area contributed by atoms with E-state index in [1.165, 1.54) is 32.5 Å². The van der Waals surface area contributed by atoms with E-state index in [9.17, 15) is 0 Å². The smallest absolute Gasteiger partial charge is 0.0102 e. The summed E-state index contributed by atoms with van der Waals surface area (Å²) >= 11 is 0. The molecule has 1 heterocycles. The minimum Gasteiger partial charge on any atom is -0.316 e. The molecule has 0 aliphatic carbocycles. The minimum absolute atomic E-state index is 0.667. The number of hydrogen-bond acceptors (Lipinski definition) is 3. The third-order valence-corrected chi connectivity index (χ3v) is 4.45. The highest BCUT2D eigenvalue weighted by Crippen LogP contribution is 2.18. The van der Waals surface area contributed by atoms with E-state index in [-0.39, 0.29) is 0 Å². The van der Waals surface area contributed by atoms with Gasteiger partial charge in [-0.3, -0.25) is 0 Å². The summed E-state index contributed by atoms with van der Waals surface area (Å²) in [6.45, 7) is 13.1. The van der Waals surface area contributed by atoms with Crippen molar-refractivity contribution in [2.45, 2.75) is 39.7 Å². The summed E-state index contributed by atoms with van der Waals surface area (Å²) in [5.74, 6) is 1.60. The van der Waals surface area contributed by atoms with Crippen molar-refractivity contribution in [1.29, 1.82) is 0 Å². The van der Waals surface area contributed by atoms with Crippen LogP contribution in [-0.4, -0.2) is 62.7 Å². The van der Waals surface area contributed by atoms with E-state index in [4.69, 9.17) is 0 Å². The Hall–Kier alpha value is -0.120. The number of nitrogens with one attached hydrogen (secondary N) is 1. The van der Waals surface area contributed by atoms with Gasteiger partial charge in [0, 0.05) is 19.1 Å². The van der Waals surface area contributed by atoms with Crippen molar-refractivity contribution < 1.29 is 0 Å². The van der Waals surface area contributed by atoms with Crippen molar-refractivity contribution in [2.24, 2.45) is 11.8 Å². The number of rotatable bonds is 8. The molecule has 3 unspecified atom stereocenters. The normalized spacial score (nSPS) is 24.7. The first-order valence-corrected chi connectivity index (χ1v) is 7.64. The van der Waals surface area contributed by atoms with Crippen LogP contribution in [0.25, 0.3) is 0 Å². The second-order valence-corrected chi connectivity index (χ2v) is 6.28. The van der Waals surface area contributed by atoms with Crippen LogP contribution in [0.4, 0.5) is 0 Å². The van der Waals surface area contributed by atoms with Gasteiger partial charge in [-0.1, -0.05) is 13.8 Å². The van der Waals surface area contributed by atoms with Gasteiger partial charge in [0.1, 0.15) is 0 Å². The van der Waals surface area contributed by atoms with Gasteiger partial charge < -0.3 is 15.1 Å². The molecule has 0 aromatic carbocycles. The standard InChI is InChI=1S/C15H33N3/c1-6-8-16-10-13(2)14(3)18(5)12-15-7-9-17(4)11-15/h13-16H,6-12H2,1-5H3. The van der Waals surface area contributed by atoms with E-state index >= 15 is 0 Å². The van der Waals surface area contributed by atoms with Gasteiger partial charge in [0.05, 0.1) is 0 Å². The summed E-state index contributed by atoms with van der Waals surface area (Å²) < 4.78 is 0. The lowest BCUT2D eigenvalue weighted by Gasteiger charge is -2.32. The Balaban J connectivity index is 2.24. The molecule has 1 fully saturated rings. The largest absolute Gasteiger partial charge is 0.316 e. The van der Waals surface area contributed by atoms with E-state index in [1.54, 1.807) is 0 Å². The maximum absolute atomic E-state index is 3.54. The molecule has 3 atom stereocenters. The van der Waals surface area contributed by atoms with Gasteiger partial charge in [0.2, 0.25) is 0 Å². The Morgan fingerprint density at radius 2 is 2.11 bits per heavy atom. The highest BCUT2D eigenvalue weighted by atomic mass is 15.2. The van der Waals surface area contributed by atoms with Crippen LogP contribution in [0, 0.1) is 11.8 Å². The summed E-state index contributed by atoms with van der Waals surface area (Å²) in [4.78, 5) is 5.01. The van der Waals surface area contributed by atoms with Gasteiger partial charge in [0.15, 0.2) is 0 Å². The number of nitrogens with zero attached hydrogens (tertiary/aromatic N) is 2. The maximum Gasteiger partial charge on any atom is 0.0102 e. The molecule has 3 nitrogen and oxygen atoms in total. The predicted octanol–water partition coefficient (Wildman–Crippen LogP) is 1.89. The Labute approximate surface area is 114 Å². The van der Waals surface area contributed by atoms with Crippen molar-refractivity contribution in [3.8, 4) is 0 Å². The van der Waals surface area contributed by atoms with Crippen molar-refractivity contribution in [1.82, 2.24) is 15.1 Å². The molecule has 108 valence electrons. The average molecular weight is 255 g/mol. The first-order valence-electron chi connectivity index (χ1n) is 7.64. The third-order valence-electron chi connectivity index (χ3n) is 4.45. The summed E-state index contributed by atoms with van der Waals surface area (Å²) in [7, 11) is 4.53. The molecular formula is C15H33N3. The Kier molecular flexibility index (Phi) is 7.20. The molecule has 0 aromatic heterocycles. The van der Waals surface area contributed by atoms with Crippen molar-refractivity contribution >= 4 is 0 Å². The van der Waals surface area contributed by atoms with E-state index in [1.807, 2.05) is 0 Å². The average Bonchev–Trinajstić information content (AvgIpc) is 2.73. The molecule has 1 rings (SSSR count). The molecule has 0 radical (unpaired) electrons. The first kappa shape index (κ1) is 15.9. The van der Waals surface area contributed by atoms with Crippen LogP contribution in [0.1, 0.15) is 33.6 Å². The summed E-state index contributed by atoms with van der Waals surface area (Å²) in [5, 5.41) is 3.54. The molecule has 0 saturated carbocycles. The van der Waals surface area contributed by atoms with Crippen molar-refractivity contribution in [3.05, 3.63) is 0 Å². The Morgan fingerprint density at radius 1 is 1.39 bits per heavy atom. The van der Waals surface area contributed by atoms with Gasteiger partial charge >= 0.3 is 0 Å². The van der Waals surface area contributed by atoms with Crippen LogP contribution in [0.15, 0.2) is 0 Å². The van der Waals surface area contributed by atoms with E-state index < -0.39 is 0 Å². The fraction of sp³-hybridized carbons (Fsp3) is 1.00. The second kappa shape index (κ2) is 8.13. The summed E-state index contributed by atoms with van der Waals surface area (Å²) in [6, 6.07) is 0.667. The lowest BCUT2D eigenvalue weighted by molar-refractivity contribution is 0.170. The number of hydrogen-bond donors (Lipinski definition) is 1. The van der Waals surface area contributed by atoms with Gasteiger partial charge in [-0.05, 0) is 65.3 Å². The zero-order valence-corrected chi connectivity index (χ0v) is 13.1. The highest BCUT2D eigenvalue weighted by molar-refractivity contribution is 4.79.